The molecule has 4 heterocycles. The zero-order valence-electron chi connectivity index (χ0n) is 25.2. The summed E-state index contributed by atoms with van der Waals surface area (Å²) in [6, 6.07) is 15.5. The highest BCUT2D eigenvalue weighted by Crippen LogP contribution is 2.33. The van der Waals surface area contributed by atoms with Gasteiger partial charge in [0.15, 0.2) is 5.78 Å². The number of carboxylic acids is 1. The van der Waals surface area contributed by atoms with Crippen LogP contribution >= 0.6 is 0 Å². The van der Waals surface area contributed by atoms with Crippen LogP contribution in [-0.2, 0) is 24.4 Å². The quantitative estimate of drug-likeness (QED) is 0.235. The molecule has 1 N–H and O–H groups in total. The smallest absolute Gasteiger partial charge is 0.335 e. The number of aromatic carboxylic acids is 1. The highest BCUT2D eigenvalue weighted by Gasteiger charge is 2.31. The van der Waals surface area contributed by atoms with Crippen molar-refractivity contribution in [3.05, 3.63) is 82.9 Å². The summed E-state index contributed by atoms with van der Waals surface area (Å²) >= 11 is 0. The Labute approximate surface area is 260 Å². The van der Waals surface area contributed by atoms with Crippen molar-refractivity contribution in [3.8, 4) is 5.88 Å². The Balaban J connectivity index is 1.00. The summed E-state index contributed by atoms with van der Waals surface area (Å²) in [4.78, 5) is 38.1. The van der Waals surface area contributed by atoms with Crippen LogP contribution in [0.2, 0.25) is 0 Å². The first-order valence-corrected chi connectivity index (χ1v) is 15.6. The maximum Gasteiger partial charge on any atom is 0.335 e. The van der Waals surface area contributed by atoms with Gasteiger partial charge in [-0.3, -0.25) is 9.69 Å². The average Bonchev–Trinajstić information content (AvgIpc) is 3.81. The summed E-state index contributed by atoms with van der Waals surface area (Å²) in [6.07, 6.45) is 2.86. The number of carbonyl (C=O) groups excluding carboxylic acids is 1. The molecule has 11 heteroatoms. The van der Waals surface area contributed by atoms with Gasteiger partial charge in [-0.1, -0.05) is 18.2 Å². The van der Waals surface area contributed by atoms with E-state index in [4.69, 9.17) is 19.4 Å². The summed E-state index contributed by atoms with van der Waals surface area (Å²) in [7, 11) is 0. The maximum atomic E-state index is 14.7. The molecule has 2 aromatic heterocycles. The number of hydrogen-bond acceptors (Lipinski definition) is 8. The molecule has 10 nitrogen and oxygen atoms in total. The molecular weight excluding hydrogens is 577 g/mol. The molecule has 0 bridgehead atoms. The van der Waals surface area contributed by atoms with Crippen molar-refractivity contribution in [2.45, 2.75) is 58.0 Å². The van der Waals surface area contributed by atoms with E-state index in [0.29, 0.717) is 30.1 Å². The van der Waals surface area contributed by atoms with E-state index in [1.54, 1.807) is 36.4 Å². The molecule has 2 unspecified atom stereocenters. The number of fused-ring (bicyclic) bond motifs is 1. The zero-order valence-corrected chi connectivity index (χ0v) is 25.2. The molecule has 0 spiro atoms. The third-order valence-corrected chi connectivity index (χ3v) is 9.06. The number of Topliss-reactive ketones (excluding diaryl/α,β-unsaturated/α-hetero) is 1. The van der Waals surface area contributed by atoms with Gasteiger partial charge in [-0.15, -0.1) is 0 Å². The molecular formula is C34H36FN5O5. The van der Waals surface area contributed by atoms with E-state index in [0.717, 1.165) is 68.2 Å². The van der Waals surface area contributed by atoms with E-state index in [2.05, 4.69) is 21.3 Å². The number of ketones is 1. The number of aromatic nitrogens is 3. The second-order valence-electron chi connectivity index (χ2n) is 12.3. The summed E-state index contributed by atoms with van der Waals surface area (Å²) in [5.74, 6) is 0.760. The van der Waals surface area contributed by atoms with Gasteiger partial charge >= 0.3 is 5.97 Å². The average molecular weight is 614 g/mol. The van der Waals surface area contributed by atoms with Gasteiger partial charge in [0.1, 0.15) is 24.1 Å². The minimum atomic E-state index is -0.957. The van der Waals surface area contributed by atoms with E-state index in [1.165, 1.54) is 6.07 Å². The number of carbonyl (C=O) groups is 2. The monoisotopic (exact) mass is 613 g/mol. The van der Waals surface area contributed by atoms with E-state index < -0.39 is 11.8 Å². The Morgan fingerprint density at radius 3 is 2.58 bits per heavy atom. The van der Waals surface area contributed by atoms with Crippen LogP contribution in [0.4, 0.5) is 10.2 Å². The Morgan fingerprint density at radius 2 is 1.87 bits per heavy atom. The van der Waals surface area contributed by atoms with Gasteiger partial charge in [-0.2, -0.15) is 4.98 Å². The van der Waals surface area contributed by atoms with Gasteiger partial charge in [-0.25, -0.2) is 14.2 Å². The van der Waals surface area contributed by atoms with Gasteiger partial charge in [-0.05, 0) is 56.5 Å². The molecule has 3 aliphatic rings. The standard InChI is InChI=1S/C34H36FN5O5/c1-21-17-39(30-3-2-4-32(37-30)45-20-25-8-7-23(15-27(25)35)33(41)22-5-6-22)13-12-38(21)19-31-36-28-10-9-24(34(42)43)16-29(28)40(31)18-26-11-14-44-26/h2-4,7-10,15-16,21-22,26H,5-6,11-14,17-20H2,1H3,(H,42,43). The summed E-state index contributed by atoms with van der Waals surface area (Å²) < 4.78 is 28.4. The molecule has 234 valence electrons. The molecule has 2 atom stereocenters. The molecule has 3 fully saturated rings. The van der Waals surface area contributed by atoms with Crippen molar-refractivity contribution in [2.75, 3.05) is 31.1 Å². The Kier molecular flexibility index (Phi) is 7.97. The minimum Gasteiger partial charge on any atom is -0.478 e. The van der Waals surface area contributed by atoms with Crippen LogP contribution in [0.25, 0.3) is 11.0 Å². The normalized spacial score (nSPS) is 20.3. The number of anilines is 1. The number of benzene rings is 2. The van der Waals surface area contributed by atoms with Gasteiger partial charge in [0, 0.05) is 55.4 Å². The van der Waals surface area contributed by atoms with Gasteiger partial charge in [0.25, 0.3) is 0 Å². The second kappa shape index (κ2) is 12.2. The van der Waals surface area contributed by atoms with E-state index in [9.17, 15) is 19.1 Å². The Morgan fingerprint density at radius 1 is 1.04 bits per heavy atom. The number of halogens is 1. The topological polar surface area (TPSA) is 110 Å². The van der Waals surface area contributed by atoms with Crippen LogP contribution in [-0.4, -0.2) is 74.7 Å². The fourth-order valence-electron chi connectivity index (χ4n) is 6.09. The second-order valence-corrected chi connectivity index (χ2v) is 12.3. The molecule has 2 aromatic carbocycles. The van der Waals surface area contributed by atoms with Crippen molar-refractivity contribution in [3.63, 3.8) is 0 Å². The lowest BCUT2D eigenvalue weighted by molar-refractivity contribution is -0.0592. The lowest BCUT2D eigenvalue weighted by Crippen LogP contribution is -2.52. The molecule has 2 saturated heterocycles. The highest BCUT2D eigenvalue weighted by atomic mass is 19.1. The number of ether oxygens (including phenoxy) is 2. The number of piperazine rings is 1. The van der Waals surface area contributed by atoms with Crippen LogP contribution in [0.3, 0.4) is 0 Å². The predicted molar refractivity (Wildman–Crippen MR) is 165 cm³/mol. The van der Waals surface area contributed by atoms with Crippen molar-refractivity contribution < 1.29 is 28.6 Å². The maximum absolute atomic E-state index is 14.7. The van der Waals surface area contributed by atoms with Crippen LogP contribution in [0.5, 0.6) is 5.88 Å². The number of rotatable bonds is 11. The molecule has 4 aromatic rings. The van der Waals surface area contributed by atoms with E-state index in [1.807, 2.05) is 12.1 Å². The Bertz CT molecular complexity index is 1750. The number of hydrogen-bond donors (Lipinski definition) is 1. The molecule has 1 saturated carbocycles. The lowest BCUT2D eigenvalue weighted by Gasteiger charge is -2.40. The highest BCUT2D eigenvalue weighted by molar-refractivity contribution is 5.99. The number of imidazole rings is 1. The fourth-order valence-corrected chi connectivity index (χ4v) is 6.09. The first-order chi connectivity index (χ1) is 21.8. The zero-order chi connectivity index (χ0) is 31.1. The number of carboxylic acid groups (broad SMARTS) is 1. The van der Waals surface area contributed by atoms with Crippen LogP contribution in [0, 0.1) is 11.7 Å². The number of pyridine rings is 1. The SMILES string of the molecule is CC1CN(c2cccc(OCc3ccc(C(=O)C4CC4)cc3F)n2)CCN1Cc1nc2ccc(C(=O)O)cc2n1CC1CCO1. The third kappa shape index (κ3) is 6.27. The molecule has 2 aliphatic heterocycles. The van der Waals surface area contributed by atoms with Gasteiger partial charge in [0.2, 0.25) is 5.88 Å². The molecule has 1 aliphatic carbocycles. The van der Waals surface area contributed by atoms with Crippen molar-refractivity contribution in [1.82, 2.24) is 19.4 Å². The minimum absolute atomic E-state index is 0.0151. The third-order valence-electron chi connectivity index (χ3n) is 9.06. The largest absolute Gasteiger partial charge is 0.478 e. The molecule has 45 heavy (non-hydrogen) atoms. The van der Waals surface area contributed by atoms with E-state index in [-0.39, 0.29) is 36.0 Å². The molecule has 0 radical (unpaired) electrons. The van der Waals surface area contributed by atoms with E-state index >= 15 is 0 Å². The summed E-state index contributed by atoms with van der Waals surface area (Å²) in [6.45, 7) is 6.51. The first-order valence-electron chi connectivity index (χ1n) is 15.6. The summed E-state index contributed by atoms with van der Waals surface area (Å²) in [5, 5.41) is 9.54. The van der Waals surface area contributed by atoms with Crippen molar-refractivity contribution in [2.24, 2.45) is 5.92 Å². The van der Waals surface area contributed by atoms with Crippen LogP contribution in [0.1, 0.15) is 58.3 Å². The van der Waals surface area contributed by atoms with Gasteiger partial charge < -0.3 is 24.0 Å². The molecule has 7 rings (SSSR count). The fraction of sp³-hybridized carbons (Fsp3) is 0.412. The predicted octanol–water partition coefficient (Wildman–Crippen LogP) is 4.94. The molecule has 0 amide bonds. The van der Waals surface area contributed by atoms with Crippen molar-refractivity contribution in [1.29, 1.82) is 0 Å². The van der Waals surface area contributed by atoms with Crippen molar-refractivity contribution >= 4 is 28.6 Å². The van der Waals surface area contributed by atoms with Crippen LogP contribution < -0.4 is 9.64 Å². The first kappa shape index (κ1) is 29.4. The van der Waals surface area contributed by atoms with Gasteiger partial charge in [0.05, 0.1) is 35.8 Å². The van der Waals surface area contributed by atoms with Crippen LogP contribution in [0.15, 0.2) is 54.6 Å². The summed E-state index contributed by atoms with van der Waals surface area (Å²) in [5.41, 5.74) is 2.64. The number of nitrogens with zero attached hydrogens (tertiary/aromatic N) is 5. The lowest BCUT2D eigenvalue weighted by atomic mass is 10.0. The Hall–Kier alpha value is -4.35.